The Morgan fingerprint density at radius 3 is 2.31 bits per heavy atom. The first-order valence-corrected chi connectivity index (χ1v) is 10.4. The molecule has 1 aliphatic rings. The van der Waals surface area contributed by atoms with Crippen LogP contribution < -0.4 is 16.0 Å². The van der Waals surface area contributed by atoms with Crippen LogP contribution in [0.4, 0.5) is 38.0 Å². The van der Waals surface area contributed by atoms with Crippen LogP contribution in [-0.2, 0) is 11.0 Å². The summed E-state index contributed by atoms with van der Waals surface area (Å²) < 4.78 is 72.1. The van der Waals surface area contributed by atoms with Crippen LogP contribution in [0, 0.1) is 5.92 Å². The lowest BCUT2D eigenvalue weighted by Crippen LogP contribution is -2.36. The van der Waals surface area contributed by atoms with E-state index in [1.807, 2.05) is 0 Å². The molecule has 1 saturated heterocycles. The summed E-state index contributed by atoms with van der Waals surface area (Å²) in [6.45, 7) is 1.99. The van der Waals surface area contributed by atoms with Crippen LogP contribution in [-0.4, -0.2) is 52.8 Å². The fourth-order valence-electron chi connectivity index (χ4n) is 2.94. The number of aliphatic carboxylic acids is 1. The fraction of sp³-hybridized carbons (Fsp3) is 0.400. The first-order valence-electron chi connectivity index (χ1n) is 10.0. The van der Waals surface area contributed by atoms with Crippen LogP contribution in [0.15, 0.2) is 30.5 Å². The van der Waals surface area contributed by atoms with Crippen LogP contribution in [0.1, 0.15) is 28.9 Å². The molecule has 15 heteroatoms. The third kappa shape index (κ3) is 9.20. The highest BCUT2D eigenvalue weighted by atomic mass is 35.5. The number of piperidine rings is 1. The second-order valence-electron chi connectivity index (χ2n) is 7.30. The molecule has 192 valence electrons. The van der Waals surface area contributed by atoms with Crippen LogP contribution >= 0.6 is 11.6 Å². The van der Waals surface area contributed by atoms with Crippen molar-refractivity contribution in [3.8, 4) is 0 Å². The van der Waals surface area contributed by atoms with Crippen LogP contribution in [0.5, 0.6) is 0 Å². The average Bonchev–Trinajstić information content (AvgIpc) is 2.77. The van der Waals surface area contributed by atoms with E-state index in [0.717, 1.165) is 32.1 Å². The monoisotopic (exact) mass is 527 g/mol. The van der Waals surface area contributed by atoms with Crippen molar-refractivity contribution >= 4 is 35.1 Å². The Morgan fingerprint density at radius 1 is 1.14 bits per heavy atom. The molecule has 4 N–H and O–H groups in total. The highest BCUT2D eigenvalue weighted by Crippen LogP contribution is 2.31. The zero-order valence-electron chi connectivity index (χ0n) is 17.8. The Labute approximate surface area is 200 Å². The number of amides is 1. The Hall–Kier alpha value is -3.13. The zero-order valence-corrected chi connectivity index (χ0v) is 18.6. The second kappa shape index (κ2) is 12.0. The topological polar surface area (TPSA) is 116 Å². The third-order valence-electron chi connectivity index (χ3n) is 4.64. The van der Waals surface area contributed by atoms with Crippen molar-refractivity contribution < 1.29 is 41.0 Å². The van der Waals surface area contributed by atoms with Gasteiger partial charge in [0.2, 0.25) is 5.95 Å². The number of carboxylic acids is 1. The van der Waals surface area contributed by atoms with Gasteiger partial charge in [0.15, 0.2) is 5.69 Å². The van der Waals surface area contributed by atoms with Gasteiger partial charge in [-0.2, -0.15) is 26.3 Å². The van der Waals surface area contributed by atoms with E-state index in [1.54, 1.807) is 18.2 Å². The largest absolute Gasteiger partial charge is 0.490 e. The number of rotatable bonds is 5. The summed E-state index contributed by atoms with van der Waals surface area (Å²) in [4.78, 5) is 28.6. The number of hydrogen-bond donors (Lipinski definition) is 4. The molecule has 0 atom stereocenters. The number of hydrogen-bond acceptors (Lipinski definition) is 6. The van der Waals surface area contributed by atoms with Crippen molar-refractivity contribution in [2.24, 2.45) is 5.92 Å². The number of carboxylic acid groups (broad SMARTS) is 1. The quantitative estimate of drug-likeness (QED) is 0.429. The lowest BCUT2D eigenvalue weighted by Gasteiger charge is -2.23. The molecule has 2 heterocycles. The fourth-order valence-corrected chi connectivity index (χ4v) is 3.13. The van der Waals surface area contributed by atoms with Gasteiger partial charge in [0, 0.05) is 23.5 Å². The minimum absolute atomic E-state index is 0.240. The van der Waals surface area contributed by atoms with E-state index < -0.39 is 35.5 Å². The highest BCUT2D eigenvalue weighted by molar-refractivity contribution is 6.30. The lowest BCUT2D eigenvalue weighted by molar-refractivity contribution is -0.192. The Balaban J connectivity index is 0.000000540. The van der Waals surface area contributed by atoms with Crippen molar-refractivity contribution in [3.05, 3.63) is 46.7 Å². The minimum Gasteiger partial charge on any atom is -0.475 e. The molecule has 1 aromatic heterocycles. The van der Waals surface area contributed by atoms with E-state index in [0.29, 0.717) is 17.3 Å². The number of nitrogens with one attached hydrogen (secondary N) is 3. The number of alkyl halides is 6. The van der Waals surface area contributed by atoms with Gasteiger partial charge in [-0.15, -0.1) is 0 Å². The minimum atomic E-state index is -5.08. The van der Waals surface area contributed by atoms with Gasteiger partial charge in [-0.1, -0.05) is 17.7 Å². The van der Waals surface area contributed by atoms with E-state index in [9.17, 15) is 31.1 Å². The van der Waals surface area contributed by atoms with Gasteiger partial charge in [-0.3, -0.25) is 4.79 Å². The summed E-state index contributed by atoms with van der Waals surface area (Å²) in [5, 5.41) is 16.0. The molecule has 0 bridgehead atoms. The molecule has 1 amide bonds. The summed E-state index contributed by atoms with van der Waals surface area (Å²) in [6.07, 6.45) is -7.26. The lowest BCUT2D eigenvalue weighted by atomic mass is 9.98. The molecule has 1 aromatic carbocycles. The molecule has 0 unspecified atom stereocenters. The van der Waals surface area contributed by atoms with Crippen molar-refractivity contribution in [2.45, 2.75) is 25.2 Å². The van der Waals surface area contributed by atoms with Gasteiger partial charge in [-0.25, -0.2) is 14.8 Å². The predicted octanol–water partition coefficient (Wildman–Crippen LogP) is 4.26. The summed E-state index contributed by atoms with van der Waals surface area (Å²) in [5.41, 5.74) is -1.45. The molecule has 0 spiro atoms. The molecule has 2 aromatic rings. The smallest absolute Gasteiger partial charge is 0.475 e. The summed E-state index contributed by atoms with van der Waals surface area (Å²) >= 11 is 5.86. The number of carbonyl (C=O) groups is 2. The normalized spacial score (nSPS) is 14.5. The highest BCUT2D eigenvalue weighted by Gasteiger charge is 2.39. The molecule has 8 nitrogen and oxygen atoms in total. The van der Waals surface area contributed by atoms with E-state index in [-0.39, 0.29) is 11.9 Å². The van der Waals surface area contributed by atoms with Crippen molar-refractivity contribution in [3.63, 3.8) is 0 Å². The summed E-state index contributed by atoms with van der Waals surface area (Å²) in [6, 6.07) is 6.41. The van der Waals surface area contributed by atoms with Gasteiger partial charge in [0.1, 0.15) is 0 Å². The summed E-state index contributed by atoms with van der Waals surface area (Å²) in [7, 11) is 0. The van der Waals surface area contributed by atoms with E-state index >= 15 is 0 Å². The molecule has 1 aliphatic heterocycles. The van der Waals surface area contributed by atoms with Gasteiger partial charge in [0.25, 0.3) is 5.91 Å². The van der Waals surface area contributed by atoms with Gasteiger partial charge >= 0.3 is 18.3 Å². The maximum atomic E-state index is 13.5. The van der Waals surface area contributed by atoms with Gasteiger partial charge < -0.3 is 21.1 Å². The maximum Gasteiger partial charge on any atom is 0.490 e. The zero-order chi connectivity index (χ0) is 26.2. The molecule has 3 rings (SSSR count). The predicted molar refractivity (Wildman–Crippen MR) is 113 cm³/mol. The van der Waals surface area contributed by atoms with Crippen molar-refractivity contribution in [1.29, 1.82) is 0 Å². The molecule has 1 fully saturated rings. The van der Waals surface area contributed by atoms with Crippen LogP contribution in [0.25, 0.3) is 0 Å². The van der Waals surface area contributed by atoms with E-state index in [1.165, 1.54) is 6.07 Å². The molecule has 0 saturated carbocycles. The van der Waals surface area contributed by atoms with Crippen LogP contribution in [0.3, 0.4) is 0 Å². The van der Waals surface area contributed by atoms with E-state index in [2.05, 4.69) is 25.9 Å². The number of halogens is 7. The Bertz CT molecular complexity index is 1030. The van der Waals surface area contributed by atoms with Crippen molar-refractivity contribution in [2.75, 3.05) is 25.0 Å². The Kier molecular flexibility index (Phi) is 9.65. The molecular formula is C20H20ClF6N5O3. The number of anilines is 2. The standard InChI is InChI=1S/C18H19ClF3N5O.C2HF3O2/c19-12-2-1-3-13(8-12)26-17-25-10-14(15(27-17)18(20,21)22)16(28)24-9-11-4-6-23-7-5-11;3-2(4,5)1(6)7/h1-3,8,10-11,23H,4-7,9H2,(H,24,28)(H,25,26,27);(H,6,7). The first kappa shape index (κ1) is 28.1. The first-order chi connectivity index (χ1) is 16.3. The second-order valence-corrected chi connectivity index (χ2v) is 7.73. The number of aromatic nitrogens is 2. The molecule has 0 aliphatic carbocycles. The average molecular weight is 528 g/mol. The van der Waals surface area contributed by atoms with Gasteiger partial charge in [0.05, 0.1) is 5.56 Å². The SMILES string of the molecule is O=C(NCC1CCNCC1)c1cnc(Nc2cccc(Cl)c2)nc1C(F)(F)F.O=C(O)C(F)(F)F. The molecular weight excluding hydrogens is 508 g/mol. The van der Waals surface area contributed by atoms with E-state index in [4.69, 9.17) is 21.5 Å². The maximum absolute atomic E-state index is 13.5. The Morgan fingerprint density at radius 2 is 1.77 bits per heavy atom. The third-order valence-corrected chi connectivity index (χ3v) is 4.87. The van der Waals surface area contributed by atoms with Gasteiger partial charge in [-0.05, 0) is 50.0 Å². The number of nitrogens with zero attached hydrogens (tertiary/aromatic N) is 2. The number of carbonyl (C=O) groups excluding carboxylic acids is 1. The van der Waals surface area contributed by atoms with Crippen molar-refractivity contribution in [1.82, 2.24) is 20.6 Å². The summed E-state index contributed by atoms with van der Waals surface area (Å²) in [5.74, 6) is -3.62. The van der Waals surface area contributed by atoms with Crippen LogP contribution in [0.2, 0.25) is 5.02 Å². The molecule has 35 heavy (non-hydrogen) atoms. The molecule has 0 radical (unpaired) electrons. The number of benzene rings is 1.